The van der Waals surface area contributed by atoms with Gasteiger partial charge in [-0.05, 0) is 55.3 Å². The number of ketones is 1. The van der Waals surface area contributed by atoms with Gasteiger partial charge in [0.25, 0.3) is 0 Å². The van der Waals surface area contributed by atoms with Gasteiger partial charge >= 0.3 is 0 Å². The molecule has 0 spiro atoms. The number of aromatic nitrogens is 2. The minimum Gasteiger partial charge on any atom is -0.497 e. The van der Waals surface area contributed by atoms with Gasteiger partial charge in [0.05, 0.1) is 18.7 Å². The number of thiazole rings is 1. The number of nitrogens with one attached hydrogen (secondary N) is 1. The fourth-order valence-electron chi connectivity index (χ4n) is 3.90. The normalized spacial score (nSPS) is 14.1. The fourth-order valence-corrected chi connectivity index (χ4v) is 4.76. The number of rotatable bonds is 9. The number of aryl methyl sites for hydroxylation is 1. The van der Waals surface area contributed by atoms with Gasteiger partial charge in [-0.25, -0.2) is 4.98 Å². The number of carbonyl (C=O) groups excluding carboxylic acids is 2. The van der Waals surface area contributed by atoms with Gasteiger partial charge in [-0.1, -0.05) is 0 Å². The van der Waals surface area contributed by atoms with E-state index in [-0.39, 0.29) is 18.2 Å². The Balaban J connectivity index is 1.28. The van der Waals surface area contributed by atoms with E-state index in [2.05, 4.69) is 20.2 Å². The smallest absolute Gasteiger partial charge is 0.242 e. The van der Waals surface area contributed by atoms with Gasteiger partial charge in [0.2, 0.25) is 11.7 Å². The zero-order valence-corrected chi connectivity index (χ0v) is 20.3. The van der Waals surface area contributed by atoms with Crippen LogP contribution in [0.5, 0.6) is 5.75 Å². The van der Waals surface area contributed by atoms with Crippen molar-refractivity contribution in [3.63, 3.8) is 0 Å². The predicted octanol–water partition coefficient (Wildman–Crippen LogP) is 2.88. The molecule has 0 radical (unpaired) electrons. The Hall–Kier alpha value is -3.30. The Morgan fingerprint density at radius 2 is 1.76 bits per heavy atom. The number of hydrogen-bond acceptors (Lipinski definition) is 8. The third-order valence-corrected chi connectivity index (χ3v) is 6.86. The van der Waals surface area contributed by atoms with Crippen LogP contribution in [-0.2, 0) is 11.2 Å². The first-order valence-corrected chi connectivity index (χ1v) is 12.1. The predicted molar refractivity (Wildman–Crippen MR) is 133 cm³/mol. The zero-order chi connectivity index (χ0) is 23.9. The maximum atomic E-state index is 13.0. The molecule has 1 amide bonds. The van der Waals surface area contributed by atoms with Crippen molar-refractivity contribution in [2.45, 2.75) is 13.3 Å². The first-order chi connectivity index (χ1) is 16.5. The number of methoxy groups -OCH3 is 1. The number of carbonyl (C=O) groups is 2. The Labute approximate surface area is 203 Å². The molecule has 0 aliphatic carbocycles. The van der Waals surface area contributed by atoms with Gasteiger partial charge in [0.15, 0.2) is 0 Å². The van der Waals surface area contributed by atoms with Crippen molar-refractivity contribution in [1.29, 1.82) is 0 Å². The van der Waals surface area contributed by atoms with Crippen LogP contribution in [0.1, 0.15) is 25.8 Å². The van der Waals surface area contributed by atoms with Gasteiger partial charge in [0.1, 0.15) is 16.4 Å². The highest BCUT2D eigenvalue weighted by Crippen LogP contribution is 2.26. The van der Waals surface area contributed by atoms with Crippen molar-refractivity contribution >= 4 is 28.8 Å². The summed E-state index contributed by atoms with van der Waals surface area (Å²) in [5, 5.41) is 3.88. The molecule has 1 aliphatic heterocycles. The third-order valence-electron chi connectivity index (χ3n) is 5.89. The molecule has 1 N–H and O–H groups in total. The number of amides is 1. The minimum atomic E-state index is -0.119. The van der Waals surface area contributed by atoms with Crippen molar-refractivity contribution < 1.29 is 14.3 Å². The Morgan fingerprint density at radius 3 is 2.44 bits per heavy atom. The topological polar surface area (TPSA) is 87.7 Å². The number of anilines is 1. The third kappa shape index (κ3) is 5.98. The molecule has 1 aromatic carbocycles. The molecule has 9 heteroatoms. The van der Waals surface area contributed by atoms with Crippen LogP contribution in [0, 0.1) is 6.92 Å². The zero-order valence-electron chi connectivity index (χ0n) is 19.5. The molecule has 178 valence electrons. The summed E-state index contributed by atoms with van der Waals surface area (Å²) in [6.07, 6.45) is 4.61. The molecular formula is C25H29N5O3S. The molecule has 0 saturated carbocycles. The van der Waals surface area contributed by atoms with E-state index in [4.69, 9.17) is 4.74 Å². The standard InChI is InChI=1S/C25H29N5O3S/c1-18-28-25(24(34-18)23(32)20-3-5-21(33-2)6-4-20)27-17-22(31)30-15-13-29(14-16-30)12-9-19-7-10-26-11-8-19/h3-8,10-11,27H,9,12-17H2,1-2H3. The van der Waals surface area contributed by atoms with E-state index in [0.29, 0.717) is 35.1 Å². The van der Waals surface area contributed by atoms with Crippen molar-refractivity contribution in [1.82, 2.24) is 19.8 Å². The van der Waals surface area contributed by atoms with E-state index in [0.717, 1.165) is 31.1 Å². The molecule has 1 aliphatic rings. The van der Waals surface area contributed by atoms with Gasteiger partial charge in [0, 0.05) is 50.7 Å². The molecule has 3 heterocycles. The highest BCUT2D eigenvalue weighted by molar-refractivity contribution is 7.14. The SMILES string of the molecule is COc1ccc(C(=O)c2sc(C)nc2NCC(=O)N2CCN(CCc3ccncc3)CC2)cc1. The maximum absolute atomic E-state index is 13.0. The molecule has 34 heavy (non-hydrogen) atoms. The Bertz CT molecular complexity index is 1110. The summed E-state index contributed by atoms with van der Waals surface area (Å²) in [6.45, 7) is 6.05. The molecule has 4 rings (SSSR count). The van der Waals surface area contributed by atoms with E-state index in [9.17, 15) is 9.59 Å². The summed E-state index contributed by atoms with van der Waals surface area (Å²) in [5.74, 6) is 1.05. The highest BCUT2D eigenvalue weighted by Gasteiger charge is 2.23. The largest absolute Gasteiger partial charge is 0.497 e. The average Bonchev–Trinajstić information content (AvgIpc) is 3.27. The number of piperazine rings is 1. The molecular weight excluding hydrogens is 450 g/mol. The highest BCUT2D eigenvalue weighted by atomic mass is 32.1. The lowest BCUT2D eigenvalue weighted by atomic mass is 10.1. The van der Waals surface area contributed by atoms with Crippen LogP contribution in [0.4, 0.5) is 5.82 Å². The molecule has 2 aromatic heterocycles. The lowest BCUT2D eigenvalue weighted by Crippen LogP contribution is -2.50. The number of pyridine rings is 1. The number of hydrogen-bond donors (Lipinski definition) is 1. The van der Waals surface area contributed by atoms with Crippen molar-refractivity contribution in [2.75, 3.05) is 51.7 Å². The number of ether oxygens (including phenoxy) is 1. The van der Waals surface area contributed by atoms with Crippen LogP contribution in [0.25, 0.3) is 0 Å². The van der Waals surface area contributed by atoms with Gasteiger partial charge in [-0.15, -0.1) is 11.3 Å². The summed E-state index contributed by atoms with van der Waals surface area (Å²) < 4.78 is 5.16. The fraction of sp³-hybridized carbons (Fsp3) is 0.360. The lowest BCUT2D eigenvalue weighted by molar-refractivity contribution is -0.131. The molecule has 0 bridgehead atoms. The maximum Gasteiger partial charge on any atom is 0.242 e. The summed E-state index contributed by atoms with van der Waals surface area (Å²) in [5.41, 5.74) is 1.83. The summed E-state index contributed by atoms with van der Waals surface area (Å²) in [7, 11) is 1.59. The first-order valence-electron chi connectivity index (χ1n) is 11.3. The quantitative estimate of drug-likeness (QED) is 0.472. The summed E-state index contributed by atoms with van der Waals surface area (Å²) in [6, 6.07) is 11.1. The molecule has 3 aromatic rings. The van der Waals surface area contributed by atoms with Crippen molar-refractivity contribution in [3.05, 3.63) is 69.8 Å². The minimum absolute atomic E-state index is 0.0160. The Morgan fingerprint density at radius 1 is 1.06 bits per heavy atom. The lowest BCUT2D eigenvalue weighted by Gasteiger charge is -2.34. The van der Waals surface area contributed by atoms with Crippen LogP contribution in [0.15, 0.2) is 48.8 Å². The van der Waals surface area contributed by atoms with E-state index in [1.807, 2.05) is 36.4 Å². The monoisotopic (exact) mass is 479 g/mol. The van der Waals surface area contributed by atoms with Crippen LogP contribution in [0.2, 0.25) is 0 Å². The van der Waals surface area contributed by atoms with Crippen molar-refractivity contribution in [3.8, 4) is 5.75 Å². The van der Waals surface area contributed by atoms with Crippen LogP contribution >= 0.6 is 11.3 Å². The van der Waals surface area contributed by atoms with Crippen LogP contribution in [0.3, 0.4) is 0 Å². The molecule has 1 fully saturated rings. The summed E-state index contributed by atoms with van der Waals surface area (Å²) in [4.78, 5) is 39.1. The van der Waals surface area contributed by atoms with Gasteiger partial charge < -0.3 is 15.0 Å². The van der Waals surface area contributed by atoms with Gasteiger partial charge in [-0.2, -0.15) is 0 Å². The van der Waals surface area contributed by atoms with E-state index in [1.54, 1.807) is 31.4 Å². The second kappa shape index (κ2) is 11.2. The first kappa shape index (κ1) is 23.8. The molecule has 0 atom stereocenters. The Kier molecular flexibility index (Phi) is 7.87. The van der Waals surface area contributed by atoms with Gasteiger partial charge in [-0.3, -0.25) is 19.5 Å². The second-order valence-electron chi connectivity index (χ2n) is 8.15. The van der Waals surface area contributed by atoms with E-state index >= 15 is 0 Å². The number of benzene rings is 1. The van der Waals surface area contributed by atoms with Crippen LogP contribution < -0.4 is 10.1 Å². The molecule has 1 saturated heterocycles. The molecule has 8 nitrogen and oxygen atoms in total. The van der Waals surface area contributed by atoms with Crippen molar-refractivity contribution in [2.24, 2.45) is 0 Å². The van der Waals surface area contributed by atoms with E-state index in [1.165, 1.54) is 16.9 Å². The number of nitrogens with zero attached hydrogens (tertiary/aromatic N) is 4. The summed E-state index contributed by atoms with van der Waals surface area (Å²) >= 11 is 1.33. The average molecular weight is 480 g/mol. The van der Waals surface area contributed by atoms with Crippen LogP contribution in [-0.4, -0.2) is 77.8 Å². The molecule has 0 unspecified atom stereocenters. The van der Waals surface area contributed by atoms with E-state index < -0.39 is 0 Å². The second-order valence-corrected chi connectivity index (χ2v) is 9.35.